The van der Waals surface area contributed by atoms with Crippen LogP contribution < -0.4 is 0 Å². The smallest absolute Gasteiger partial charge is 0.331 e. The minimum Gasteiger partial charge on any atom is -0.498 e. The molecule has 0 aromatic rings. The van der Waals surface area contributed by atoms with Crippen molar-refractivity contribution in [1.29, 1.82) is 0 Å². The number of hydrogen-bond acceptors (Lipinski definition) is 37. The molecule has 21 rings (SSSR count). The predicted octanol–water partition coefficient (Wildman–Crippen LogP) is -14.0. The van der Waals surface area contributed by atoms with E-state index in [9.17, 15) is 107 Å². The lowest BCUT2D eigenvalue weighted by atomic mass is 9.95. The van der Waals surface area contributed by atoms with Gasteiger partial charge in [0.15, 0.2) is 44.0 Å². The third-order valence-corrected chi connectivity index (χ3v) is 15.6. The summed E-state index contributed by atoms with van der Waals surface area (Å²) >= 11 is 0. The summed E-state index contributed by atoms with van der Waals surface area (Å²) in [6.07, 6.45) is -70.3. The van der Waals surface area contributed by atoms with Crippen molar-refractivity contribution in [3.8, 4) is 0 Å². The lowest BCUT2D eigenvalue weighted by Gasteiger charge is -2.50. The van der Waals surface area contributed by atoms with Crippen molar-refractivity contribution < 1.29 is 193 Å². The van der Waals surface area contributed by atoms with E-state index in [0.29, 0.717) is 24.7 Å². The summed E-state index contributed by atoms with van der Waals surface area (Å²) in [6.45, 7) is -7.12. The van der Waals surface area contributed by atoms with Crippen LogP contribution in [0.15, 0.2) is 24.7 Å². The van der Waals surface area contributed by atoms with E-state index in [4.69, 9.17) is 86.0 Å². The Morgan fingerprint density at radius 3 is 0.586 bits per heavy atom. The first kappa shape index (κ1) is 69.6. The van der Waals surface area contributed by atoms with Crippen molar-refractivity contribution in [2.45, 2.75) is 215 Å². The first-order valence-electron chi connectivity index (χ1n) is 27.1. The highest BCUT2D eigenvalue weighted by molar-refractivity contribution is 5.79. The van der Waals surface area contributed by atoms with E-state index in [1.807, 2.05) is 0 Å². The minimum atomic E-state index is -2.29. The van der Waals surface area contributed by atoms with Crippen molar-refractivity contribution in [3.05, 3.63) is 24.7 Å². The van der Waals surface area contributed by atoms with Crippen molar-refractivity contribution in [1.82, 2.24) is 0 Å². The zero-order valence-electron chi connectivity index (χ0n) is 45.2. The Kier molecular flexibility index (Phi) is 24.3. The third kappa shape index (κ3) is 15.1. The molecule has 0 aromatic heterocycles. The second kappa shape index (κ2) is 30.4. The zero-order valence-corrected chi connectivity index (χ0v) is 45.2. The largest absolute Gasteiger partial charge is 0.498 e. The van der Waals surface area contributed by atoms with E-state index in [1.54, 1.807) is 0 Å². The third-order valence-electron chi connectivity index (χ3n) is 15.6. The summed E-state index contributed by atoms with van der Waals surface area (Å²) in [5.41, 5.74) is 0. The average molecular weight is 1280 g/mol. The number of carbonyl (C=O) groups is 2. The maximum absolute atomic E-state index is 11.6. The molecule has 21 N–H and O–H groups in total. The first-order valence-corrected chi connectivity index (χ1v) is 27.1. The number of carboxylic acids is 2. The van der Waals surface area contributed by atoms with Crippen LogP contribution in [0.3, 0.4) is 0 Å². The molecule has 0 saturated carbocycles. The topological polar surface area (TPSA) is 607 Å². The zero-order chi connectivity index (χ0) is 63.5. The molecule has 21 saturated heterocycles. The fourth-order valence-corrected chi connectivity index (χ4v) is 10.9. The minimum absolute atomic E-state index is 0.529. The van der Waals surface area contributed by atoms with Gasteiger partial charge in [-0.1, -0.05) is 0 Å². The monoisotopic (exact) mass is 1270 g/mol. The Morgan fingerprint density at radius 2 is 0.425 bits per heavy atom. The molecule has 39 heteroatoms. The highest BCUT2D eigenvalue weighted by Crippen LogP contribution is 2.39. The highest BCUT2D eigenvalue weighted by atomic mass is 16.8. The number of carboxylic acid groups (broad SMARTS) is 2. The molecule has 14 bridgehead atoms. The van der Waals surface area contributed by atoms with E-state index >= 15 is 0 Å². The first-order chi connectivity index (χ1) is 41.4. The van der Waals surface area contributed by atoms with Crippen LogP contribution in [0.2, 0.25) is 0 Å². The fourth-order valence-electron chi connectivity index (χ4n) is 10.9. The molecule has 0 aromatic carbocycles. The van der Waals surface area contributed by atoms with Crippen molar-refractivity contribution in [3.63, 3.8) is 0 Å². The molecule has 0 aliphatic carbocycles. The number of aliphatic hydroxyl groups excluding tert-OH is 19. The molecule has 0 amide bonds. The van der Waals surface area contributed by atoms with Gasteiger partial charge in [0, 0.05) is 0 Å². The SMILES string of the molecule is O=C(O)/C=C/OC[C@H]1O[C@@H]2O[C@H]3[C@H](O)[C@@H](O)[C@@H](O[C@H]4[C@H](O)[C@@H](O)[C@@H](O[C@H]5[C@H](O)[C@@H](O)[C@@H](O[C@H]6[C@H](O)[C@@H](O)[C@@H](O[C@H]7[C@H](O)[C@@H](O)[C@@H](O[C@H]8[C@H](O)[C@@H](O)[C@@H](O[C@H]1[C@H](O)[C@H]2O)O[C@@H]8CO)O[C@@H]7CO)O[C@@H]6CO)O[C@@H]5CO/C=C/C(=O)O)O[C@@H]4CO)O[C@@H]3CO. The number of aliphatic carboxylic acids is 2. The van der Waals surface area contributed by atoms with Crippen molar-refractivity contribution in [2.24, 2.45) is 0 Å². The molecule has 39 nitrogen and oxygen atoms in total. The summed E-state index contributed by atoms with van der Waals surface area (Å²) in [5, 5.41) is 231. The van der Waals surface area contributed by atoms with Crippen LogP contribution in [0.5, 0.6) is 0 Å². The van der Waals surface area contributed by atoms with Crippen LogP contribution in [-0.2, 0) is 85.4 Å². The van der Waals surface area contributed by atoms with Gasteiger partial charge in [-0.3, -0.25) is 0 Å². The van der Waals surface area contributed by atoms with Crippen LogP contribution in [-0.4, -0.2) is 380 Å². The number of ether oxygens (including phenoxy) is 16. The van der Waals surface area contributed by atoms with E-state index in [-0.39, 0.29) is 0 Å². The maximum Gasteiger partial charge on any atom is 0.331 e. The van der Waals surface area contributed by atoms with Gasteiger partial charge in [-0.15, -0.1) is 0 Å². The van der Waals surface area contributed by atoms with Gasteiger partial charge in [-0.05, 0) is 0 Å². The van der Waals surface area contributed by atoms with Gasteiger partial charge >= 0.3 is 11.9 Å². The summed E-state index contributed by atoms with van der Waals surface area (Å²) in [7, 11) is 0. The molecule has 21 aliphatic heterocycles. The molecule has 21 aliphatic rings. The fraction of sp³-hybridized carbons (Fsp3) is 0.875. The van der Waals surface area contributed by atoms with E-state index in [1.165, 1.54) is 0 Å². The second-order valence-corrected chi connectivity index (χ2v) is 21.2. The molecule has 0 unspecified atom stereocenters. The quantitative estimate of drug-likeness (QED) is 0.0601. The maximum atomic E-state index is 11.6. The van der Waals surface area contributed by atoms with Crippen molar-refractivity contribution in [2.75, 3.05) is 46.2 Å². The molecule has 500 valence electrons. The van der Waals surface area contributed by atoms with Gasteiger partial charge in [0.05, 0.1) is 57.7 Å². The number of rotatable bonds is 13. The Labute approximate surface area is 489 Å². The van der Waals surface area contributed by atoms with Crippen LogP contribution in [0, 0.1) is 0 Å². The van der Waals surface area contributed by atoms with E-state index < -0.39 is 273 Å². The van der Waals surface area contributed by atoms with Gasteiger partial charge in [-0.25, -0.2) is 9.59 Å². The molecule has 87 heavy (non-hydrogen) atoms. The number of aliphatic hydroxyl groups is 19. The van der Waals surface area contributed by atoms with Gasteiger partial charge < -0.3 is 183 Å². The predicted molar refractivity (Wildman–Crippen MR) is 260 cm³/mol. The highest BCUT2D eigenvalue weighted by Gasteiger charge is 2.60. The van der Waals surface area contributed by atoms with Crippen LogP contribution >= 0.6 is 0 Å². The molecule has 21 heterocycles. The van der Waals surface area contributed by atoms with Crippen LogP contribution in [0.25, 0.3) is 0 Å². The van der Waals surface area contributed by atoms with Crippen LogP contribution in [0.4, 0.5) is 0 Å². The molecule has 35 atom stereocenters. The lowest BCUT2D eigenvalue weighted by molar-refractivity contribution is -0.396. The Morgan fingerprint density at radius 1 is 0.264 bits per heavy atom. The average Bonchev–Trinajstić information content (AvgIpc) is 1.12. The standard InChI is InChI=1S/C48H74O39/c49-5-12-35-21(58)28(65)42(74-12)82-36-13(6-50)77-45(31(68)24(36)61)86-40-17(10-72-3-1-19(54)55)80-48(34(71)27(40)64)85-39-16(9-53)76-44(30(67)23(39)60)83-37-14(7-51)78-46(32(69)25(37)62)87-41-18(11-73-4-2-20(56)57)79-47(33(70)26(41)63)84-38-15(8-52)75-43(81-35)29(66)22(38)59/h1-4,12-18,21-53,58-71H,5-11H2,(H,54,55)(H,56,57)/b3-1+,4-2+/t12-,13-,14-,15-,16-,17-,18-,21-,22-,23-,24-,25-,26-,27-,28-,29-,30-,31-,32-,33-,34-,35-,36-,37-,38-,39-,40-,41-,42-,43-,44-,45-,46-,47-,48-/m1/s1. The molecular weight excluding hydrogens is 1200 g/mol. The second-order valence-electron chi connectivity index (χ2n) is 21.2. The summed E-state index contributed by atoms with van der Waals surface area (Å²) in [6, 6.07) is 0. The van der Waals surface area contributed by atoms with Gasteiger partial charge in [0.2, 0.25) is 0 Å². The molecular formula is C48H74O39. The van der Waals surface area contributed by atoms with Crippen LogP contribution in [0.1, 0.15) is 0 Å². The van der Waals surface area contributed by atoms with Gasteiger partial charge in [0.1, 0.15) is 184 Å². The lowest BCUT2D eigenvalue weighted by Crippen LogP contribution is -2.68. The normalized spacial score (nSPS) is 50.4. The van der Waals surface area contributed by atoms with Gasteiger partial charge in [-0.2, -0.15) is 0 Å². The van der Waals surface area contributed by atoms with E-state index in [0.717, 1.165) is 0 Å². The Bertz CT molecular complexity index is 2200. The van der Waals surface area contributed by atoms with Crippen molar-refractivity contribution >= 4 is 11.9 Å². The Hall–Kier alpha value is -3.30. The van der Waals surface area contributed by atoms with Gasteiger partial charge in [0.25, 0.3) is 0 Å². The van der Waals surface area contributed by atoms with E-state index in [2.05, 4.69) is 0 Å². The number of hydrogen-bond donors (Lipinski definition) is 21. The Balaban J connectivity index is 1.11. The molecule has 21 fully saturated rings. The summed E-state index contributed by atoms with van der Waals surface area (Å²) in [5.74, 6) is -2.98. The summed E-state index contributed by atoms with van der Waals surface area (Å²) in [4.78, 5) is 22.5. The molecule has 0 spiro atoms. The molecule has 0 radical (unpaired) electrons. The summed E-state index contributed by atoms with van der Waals surface area (Å²) < 4.78 is 91.2.